The molecule has 19 heavy (non-hydrogen) atoms. The third kappa shape index (κ3) is 2.49. The van der Waals surface area contributed by atoms with Crippen LogP contribution in [0.25, 0.3) is 0 Å². The van der Waals surface area contributed by atoms with Gasteiger partial charge in [-0.25, -0.2) is 8.42 Å². The monoisotopic (exact) mass is 282 g/mol. The maximum atomic E-state index is 12.7. The maximum Gasteiger partial charge on any atom is 0.245 e. The van der Waals surface area contributed by atoms with Gasteiger partial charge in [0.15, 0.2) is 0 Å². The molecule has 0 saturated heterocycles. The molecule has 5 heteroatoms. The molecule has 0 aromatic heterocycles. The summed E-state index contributed by atoms with van der Waals surface area (Å²) in [4.78, 5) is 0.266. The van der Waals surface area contributed by atoms with E-state index in [1.54, 1.807) is 13.1 Å². The van der Waals surface area contributed by atoms with Crippen LogP contribution in [-0.4, -0.2) is 25.8 Å². The second kappa shape index (κ2) is 4.80. The number of sulfonamides is 1. The first kappa shape index (κ1) is 14.3. The summed E-state index contributed by atoms with van der Waals surface area (Å²) in [5, 5.41) is 0. The first-order valence-electron chi connectivity index (χ1n) is 6.60. The van der Waals surface area contributed by atoms with Crippen LogP contribution in [0.2, 0.25) is 0 Å². The Kier molecular flexibility index (Phi) is 3.62. The van der Waals surface area contributed by atoms with E-state index in [0.717, 1.165) is 24.0 Å². The van der Waals surface area contributed by atoms with Crippen LogP contribution in [0, 0.1) is 19.8 Å². The highest BCUT2D eigenvalue weighted by Gasteiger charge is 2.37. The molecular formula is C14H22N2O2S. The Balaban J connectivity index is 2.47. The Hall–Kier alpha value is -1.07. The molecular weight excluding hydrogens is 260 g/mol. The van der Waals surface area contributed by atoms with Crippen molar-refractivity contribution in [2.24, 2.45) is 5.92 Å². The first-order chi connectivity index (χ1) is 8.76. The fraction of sp³-hybridized carbons (Fsp3) is 0.571. The smallest absolute Gasteiger partial charge is 0.245 e. The van der Waals surface area contributed by atoms with Crippen molar-refractivity contribution in [1.82, 2.24) is 4.31 Å². The number of nitrogen functional groups attached to an aromatic ring is 1. The van der Waals surface area contributed by atoms with E-state index in [4.69, 9.17) is 5.73 Å². The summed E-state index contributed by atoms with van der Waals surface area (Å²) < 4.78 is 27.0. The number of hydrogen-bond donors (Lipinski definition) is 1. The summed E-state index contributed by atoms with van der Waals surface area (Å²) in [6.45, 7) is 5.68. The van der Waals surface area contributed by atoms with Gasteiger partial charge >= 0.3 is 0 Å². The van der Waals surface area contributed by atoms with Crippen LogP contribution in [0.4, 0.5) is 5.69 Å². The highest BCUT2D eigenvalue weighted by Crippen LogP contribution is 2.37. The Morgan fingerprint density at radius 3 is 2.42 bits per heavy atom. The molecule has 2 rings (SSSR count). The van der Waals surface area contributed by atoms with Crippen molar-refractivity contribution in [3.63, 3.8) is 0 Å². The Bertz CT molecular complexity index is 592. The number of anilines is 1. The molecule has 2 N–H and O–H groups in total. The Morgan fingerprint density at radius 2 is 1.89 bits per heavy atom. The van der Waals surface area contributed by atoms with Crippen LogP contribution >= 0.6 is 0 Å². The topological polar surface area (TPSA) is 63.4 Å². The zero-order valence-electron chi connectivity index (χ0n) is 12.0. The van der Waals surface area contributed by atoms with E-state index in [0.29, 0.717) is 11.6 Å². The average Bonchev–Trinajstić information content (AvgIpc) is 3.16. The molecule has 1 fully saturated rings. The second-order valence-electron chi connectivity index (χ2n) is 5.53. The van der Waals surface area contributed by atoms with Gasteiger partial charge in [0.05, 0.1) is 5.69 Å². The van der Waals surface area contributed by atoms with Crippen molar-refractivity contribution in [1.29, 1.82) is 0 Å². The van der Waals surface area contributed by atoms with Crippen molar-refractivity contribution >= 4 is 15.7 Å². The molecule has 0 radical (unpaired) electrons. The third-order valence-electron chi connectivity index (χ3n) is 4.22. The van der Waals surface area contributed by atoms with Gasteiger partial charge in [0.25, 0.3) is 0 Å². The maximum absolute atomic E-state index is 12.7. The second-order valence-corrected chi connectivity index (χ2v) is 7.46. The molecule has 106 valence electrons. The number of nitrogens with two attached hydrogens (primary N) is 1. The molecule has 1 unspecified atom stereocenters. The predicted octanol–water partition coefficient (Wildman–Crippen LogP) is 2.30. The minimum Gasteiger partial charge on any atom is -0.398 e. The number of hydrogen-bond acceptors (Lipinski definition) is 3. The zero-order chi connectivity index (χ0) is 14.4. The van der Waals surface area contributed by atoms with Crippen LogP contribution in [0.1, 0.15) is 30.9 Å². The van der Waals surface area contributed by atoms with Crippen molar-refractivity contribution in [2.75, 3.05) is 12.8 Å². The van der Waals surface area contributed by atoms with Gasteiger partial charge in [-0.15, -0.1) is 0 Å². The van der Waals surface area contributed by atoms with Crippen LogP contribution in [0.3, 0.4) is 0 Å². The lowest BCUT2D eigenvalue weighted by Gasteiger charge is -2.26. The lowest BCUT2D eigenvalue weighted by Crippen LogP contribution is -2.37. The number of nitrogens with zero attached hydrogens (tertiary/aromatic N) is 1. The van der Waals surface area contributed by atoms with Gasteiger partial charge in [0.2, 0.25) is 10.0 Å². The van der Waals surface area contributed by atoms with E-state index >= 15 is 0 Å². The highest BCUT2D eigenvalue weighted by atomic mass is 32.2. The average molecular weight is 282 g/mol. The fourth-order valence-electron chi connectivity index (χ4n) is 2.39. The molecule has 1 aromatic carbocycles. The summed E-state index contributed by atoms with van der Waals surface area (Å²) in [5.41, 5.74) is 7.92. The van der Waals surface area contributed by atoms with Crippen molar-refractivity contribution in [3.05, 3.63) is 23.3 Å². The molecule has 4 nitrogen and oxygen atoms in total. The number of benzene rings is 1. The lowest BCUT2D eigenvalue weighted by atomic mass is 10.1. The van der Waals surface area contributed by atoms with Crippen molar-refractivity contribution < 1.29 is 8.42 Å². The van der Waals surface area contributed by atoms with E-state index in [9.17, 15) is 8.42 Å². The molecule has 0 bridgehead atoms. The molecule has 1 atom stereocenters. The quantitative estimate of drug-likeness (QED) is 0.862. The molecule has 0 heterocycles. The number of rotatable bonds is 4. The largest absolute Gasteiger partial charge is 0.398 e. The minimum absolute atomic E-state index is 0.0318. The van der Waals surface area contributed by atoms with E-state index in [1.807, 2.05) is 26.8 Å². The zero-order valence-corrected chi connectivity index (χ0v) is 12.8. The van der Waals surface area contributed by atoms with Crippen LogP contribution in [0.15, 0.2) is 17.0 Å². The van der Waals surface area contributed by atoms with Crippen LogP contribution in [-0.2, 0) is 10.0 Å². The van der Waals surface area contributed by atoms with Gasteiger partial charge in [-0.1, -0.05) is 6.07 Å². The van der Waals surface area contributed by atoms with Crippen LogP contribution < -0.4 is 5.73 Å². The van der Waals surface area contributed by atoms with E-state index < -0.39 is 10.0 Å². The van der Waals surface area contributed by atoms with E-state index in [1.165, 1.54) is 4.31 Å². The SMILES string of the molecule is Cc1ccc(N)c(S(=O)(=O)N(C)C(C)C2CC2)c1C. The molecule has 1 saturated carbocycles. The molecule has 1 aromatic rings. The fourth-order valence-corrected chi connectivity index (χ4v) is 4.20. The lowest BCUT2D eigenvalue weighted by molar-refractivity contribution is 0.357. The summed E-state index contributed by atoms with van der Waals surface area (Å²) in [7, 11) is -1.87. The third-order valence-corrected chi connectivity index (χ3v) is 6.37. The van der Waals surface area contributed by atoms with Gasteiger partial charge in [-0.2, -0.15) is 4.31 Å². The summed E-state index contributed by atoms with van der Waals surface area (Å²) in [5.74, 6) is 0.492. The first-order valence-corrected chi connectivity index (χ1v) is 8.04. The van der Waals surface area contributed by atoms with Crippen molar-refractivity contribution in [3.8, 4) is 0 Å². The summed E-state index contributed by atoms with van der Waals surface area (Å²) in [6, 6.07) is 3.56. The Morgan fingerprint density at radius 1 is 1.32 bits per heavy atom. The predicted molar refractivity (Wildman–Crippen MR) is 77.5 cm³/mol. The van der Waals surface area contributed by atoms with Gasteiger partial charge in [-0.3, -0.25) is 0 Å². The summed E-state index contributed by atoms with van der Waals surface area (Å²) in [6.07, 6.45) is 2.23. The Labute approximate surface area is 115 Å². The molecule has 0 aliphatic heterocycles. The molecule has 1 aliphatic carbocycles. The highest BCUT2D eigenvalue weighted by molar-refractivity contribution is 7.89. The van der Waals surface area contributed by atoms with E-state index in [2.05, 4.69) is 0 Å². The normalized spacial score (nSPS) is 17.7. The van der Waals surface area contributed by atoms with Crippen LogP contribution in [0.5, 0.6) is 0 Å². The van der Waals surface area contributed by atoms with Gasteiger partial charge < -0.3 is 5.73 Å². The number of aryl methyl sites for hydroxylation is 1. The molecule has 0 amide bonds. The van der Waals surface area contributed by atoms with Gasteiger partial charge in [0.1, 0.15) is 4.90 Å². The van der Waals surface area contributed by atoms with Crippen molar-refractivity contribution in [2.45, 2.75) is 44.6 Å². The molecule has 1 aliphatic rings. The van der Waals surface area contributed by atoms with E-state index in [-0.39, 0.29) is 10.9 Å². The van der Waals surface area contributed by atoms with Gasteiger partial charge in [-0.05, 0) is 56.7 Å². The minimum atomic E-state index is -3.52. The standard InChI is InChI=1S/C14H22N2O2S/c1-9-5-8-13(15)14(10(9)2)19(17,18)16(4)11(3)12-6-7-12/h5,8,11-12H,6-7,15H2,1-4H3. The molecule has 0 spiro atoms. The van der Waals surface area contributed by atoms with Gasteiger partial charge in [0, 0.05) is 13.1 Å². The summed E-state index contributed by atoms with van der Waals surface area (Å²) >= 11 is 0.